The summed E-state index contributed by atoms with van der Waals surface area (Å²) in [7, 11) is -3.28. The van der Waals surface area contributed by atoms with Crippen LogP contribution < -0.4 is 4.74 Å². The molecule has 3 aliphatic rings. The lowest BCUT2D eigenvalue weighted by molar-refractivity contribution is 0.00687. The van der Waals surface area contributed by atoms with Crippen molar-refractivity contribution in [3.05, 3.63) is 40.9 Å². The van der Waals surface area contributed by atoms with Gasteiger partial charge in [0.1, 0.15) is 24.5 Å². The van der Waals surface area contributed by atoms with Gasteiger partial charge in [-0.15, -0.1) is 0 Å². The third-order valence-corrected chi connectivity index (χ3v) is 17.2. The maximum atomic E-state index is 9.94. The van der Waals surface area contributed by atoms with Crippen LogP contribution in [0.3, 0.4) is 0 Å². The van der Waals surface area contributed by atoms with Crippen molar-refractivity contribution in [2.24, 2.45) is 0 Å². The Kier molecular flexibility index (Phi) is 10.5. The summed E-state index contributed by atoms with van der Waals surface area (Å²) in [6.07, 6.45) is 2.67. The van der Waals surface area contributed by atoms with Gasteiger partial charge in [-0.1, -0.05) is 76.3 Å². The molecule has 4 atom stereocenters. The third-order valence-electron chi connectivity index (χ3n) is 10.7. The van der Waals surface area contributed by atoms with E-state index in [-0.39, 0.29) is 42.3 Å². The van der Waals surface area contributed by atoms with Crippen molar-refractivity contribution in [3.8, 4) is 17.3 Å². The minimum atomic E-state index is -2.00. The number of aliphatic hydroxyl groups excluding tert-OH is 1. The van der Waals surface area contributed by atoms with E-state index >= 15 is 0 Å². The molecule has 48 heavy (non-hydrogen) atoms. The first kappa shape index (κ1) is 36.0. The highest BCUT2D eigenvalue weighted by molar-refractivity contribution is 6.76. The molecule has 1 saturated carbocycles. The standard InChI is InChI=1S/C36H54ClN3O6Si2/c1-36(2,3)48(7,8)46-30-21-44-32-29(20-43-33(30)32)45-35-38-28-19-27(37)31(39-34(28)40(35)22-42-17-18-47(4,5)6)25-11-9-23(10-12-25)24-13-15-26(41)16-14-24/h9-12,19,24,26,29-30,32-33,41H,13-18,20-22H2,1-8H3/t24-,26-,29-,30-,32-,33-/m1/s1. The van der Waals surface area contributed by atoms with Gasteiger partial charge in [0, 0.05) is 20.2 Å². The fraction of sp³-hybridized carbons (Fsp3) is 0.667. The Morgan fingerprint density at radius 3 is 2.23 bits per heavy atom. The minimum absolute atomic E-state index is 0.0922. The summed E-state index contributed by atoms with van der Waals surface area (Å²) in [6.45, 7) is 20.1. The average Bonchev–Trinajstić information content (AvgIpc) is 3.69. The van der Waals surface area contributed by atoms with Crippen molar-refractivity contribution in [1.29, 1.82) is 0 Å². The number of halogens is 1. The number of nitrogens with zero attached hydrogens (tertiary/aromatic N) is 3. The fourth-order valence-electron chi connectivity index (χ4n) is 6.59. The Balaban J connectivity index is 1.24. The van der Waals surface area contributed by atoms with Crippen molar-refractivity contribution in [3.63, 3.8) is 0 Å². The molecule has 2 aliphatic heterocycles. The van der Waals surface area contributed by atoms with E-state index in [2.05, 4.69) is 77.8 Å². The number of pyridine rings is 1. The molecular weight excluding hydrogens is 662 g/mol. The molecule has 12 heteroatoms. The summed E-state index contributed by atoms with van der Waals surface area (Å²) < 4.78 is 34.0. The molecular formula is C36H54ClN3O6Si2. The zero-order chi connectivity index (χ0) is 34.4. The van der Waals surface area contributed by atoms with Crippen LogP contribution in [0.15, 0.2) is 30.3 Å². The summed E-state index contributed by atoms with van der Waals surface area (Å²) in [5, 5.41) is 10.6. The normalized spacial score (nSPS) is 26.7. The molecule has 9 nitrogen and oxygen atoms in total. The van der Waals surface area contributed by atoms with Crippen LogP contribution in [0, 0.1) is 0 Å². The lowest BCUT2D eigenvalue weighted by Crippen LogP contribution is -2.47. The summed E-state index contributed by atoms with van der Waals surface area (Å²) in [6, 6.07) is 11.9. The maximum Gasteiger partial charge on any atom is 0.301 e. The monoisotopic (exact) mass is 715 g/mol. The number of imidazole rings is 1. The smallest absolute Gasteiger partial charge is 0.301 e. The fourth-order valence-corrected chi connectivity index (χ4v) is 8.92. The molecule has 0 unspecified atom stereocenters. The first-order chi connectivity index (χ1) is 22.6. The van der Waals surface area contributed by atoms with E-state index in [0.717, 1.165) is 37.3 Å². The molecule has 6 rings (SSSR count). The second kappa shape index (κ2) is 14.1. The number of hydrogen-bond acceptors (Lipinski definition) is 8. The maximum absolute atomic E-state index is 9.94. The zero-order valence-corrected chi connectivity index (χ0v) is 32.7. The van der Waals surface area contributed by atoms with Crippen LogP contribution in [-0.2, 0) is 25.4 Å². The van der Waals surface area contributed by atoms with E-state index in [4.69, 9.17) is 44.9 Å². The van der Waals surface area contributed by atoms with E-state index in [1.807, 2.05) is 10.6 Å². The largest absolute Gasteiger partial charge is 0.456 e. The van der Waals surface area contributed by atoms with Crippen molar-refractivity contribution in [1.82, 2.24) is 14.5 Å². The Labute approximate surface area is 292 Å². The lowest BCUT2D eigenvalue weighted by Gasteiger charge is -2.39. The van der Waals surface area contributed by atoms with Crippen LogP contribution in [0.4, 0.5) is 0 Å². The van der Waals surface area contributed by atoms with Gasteiger partial charge in [-0.25, -0.2) is 4.98 Å². The van der Waals surface area contributed by atoms with E-state index < -0.39 is 16.4 Å². The number of aliphatic hydroxyl groups is 1. The third kappa shape index (κ3) is 7.88. The molecule has 0 spiro atoms. The molecule has 2 aromatic heterocycles. The Hall–Kier alpha value is -1.84. The van der Waals surface area contributed by atoms with Gasteiger partial charge in [0.15, 0.2) is 20.1 Å². The molecule has 1 aromatic carbocycles. The zero-order valence-electron chi connectivity index (χ0n) is 29.9. The summed E-state index contributed by atoms with van der Waals surface area (Å²) in [5.41, 5.74) is 4.23. The summed E-state index contributed by atoms with van der Waals surface area (Å²) in [5.74, 6) is 0.472. The van der Waals surface area contributed by atoms with E-state index in [9.17, 15) is 5.11 Å². The van der Waals surface area contributed by atoms with Crippen molar-refractivity contribution < 1.29 is 28.5 Å². The SMILES string of the molecule is CC(C)(C)[Si](C)(C)O[C@@H]1CO[C@H]2[C@@H]1OC[C@H]2Oc1nc2cc(Cl)c(-c3ccc([C@H]4CC[C@H](O)CC4)cc3)nc2n1COCC[Si](C)(C)C. The minimum Gasteiger partial charge on any atom is -0.456 e. The first-order valence-electron chi connectivity index (χ1n) is 17.6. The molecule has 1 aliphatic carbocycles. The van der Waals surface area contributed by atoms with E-state index in [0.29, 0.717) is 53.6 Å². The van der Waals surface area contributed by atoms with Crippen LogP contribution in [0.25, 0.3) is 22.4 Å². The number of benzene rings is 1. The van der Waals surface area contributed by atoms with Crippen molar-refractivity contribution in [2.45, 2.75) is 133 Å². The highest BCUT2D eigenvalue weighted by Crippen LogP contribution is 2.41. The van der Waals surface area contributed by atoms with Gasteiger partial charge in [-0.05, 0) is 67.4 Å². The summed E-state index contributed by atoms with van der Waals surface area (Å²) in [4.78, 5) is 9.94. The highest BCUT2D eigenvalue weighted by Gasteiger charge is 2.52. The first-order valence-corrected chi connectivity index (χ1v) is 24.6. The Morgan fingerprint density at radius 2 is 1.58 bits per heavy atom. The Bertz CT molecular complexity index is 1560. The predicted octanol–water partition coefficient (Wildman–Crippen LogP) is 8.02. The lowest BCUT2D eigenvalue weighted by atomic mass is 9.82. The van der Waals surface area contributed by atoms with Crippen molar-refractivity contribution >= 4 is 39.2 Å². The molecule has 3 fully saturated rings. The summed E-state index contributed by atoms with van der Waals surface area (Å²) >= 11 is 6.87. The molecule has 0 amide bonds. The van der Waals surface area contributed by atoms with E-state index in [1.54, 1.807) is 0 Å². The molecule has 264 valence electrons. The van der Waals surface area contributed by atoms with Gasteiger partial charge in [-0.2, -0.15) is 4.98 Å². The van der Waals surface area contributed by atoms with Gasteiger partial charge in [0.25, 0.3) is 0 Å². The number of aromatic nitrogens is 3. The predicted molar refractivity (Wildman–Crippen MR) is 195 cm³/mol. The van der Waals surface area contributed by atoms with Crippen LogP contribution in [-0.4, -0.2) is 86.4 Å². The van der Waals surface area contributed by atoms with Gasteiger partial charge >= 0.3 is 6.01 Å². The molecule has 0 radical (unpaired) electrons. The number of fused-ring (bicyclic) bond motifs is 2. The molecule has 3 aromatic rings. The second-order valence-electron chi connectivity index (χ2n) is 16.6. The average molecular weight is 716 g/mol. The number of hydrogen-bond donors (Lipinski definition) is 1. The second-order valence-corrected chi connectivity index (χ2v) is 27.4. The van der Waals surface area contributed by atoms with Crippen LogP contribution in [0.2, 0.25) is 48.8 Å². The molecule has 4 heterocycles. The van der Waals surface area contributed by atoms with E-state index in [1.165, 1.54) is 5.56 Å². The van der Waals surface area contributed by atoms with Crippen molar-refractivity contribution in [2.75, 3.05) is 19.8 Å². The van der Waals surface area contributed by atoms with Crippen LogP contribution in [0.5, 0.6) is 6.01 Å². The highest BCUT2D eigenvalue weighted by atomic mass is 35.5. The topological polar surface area (TPSA) is 97.1 Å². The van der Waals surface area contributed by atoms with Gasteiger partial charge < -0.3 is 28.5 Å². The number of rotatable bonds is 11. The molecule has 2 saturated heterocycles. The van der Waals surface area contributed by atoms with Crippen LogP contribution >= 0.6 is 11.6 Å². The molecule has 0 bridgehead atoms. The number of ether oxygens (including phenoxy) is 4. The Morgan fingerprint density at radius 1 is 0.938 bits per heavy atom. The molecule has 1 N–H and O–H groups in total. The van der Waals surface area contributed by atoms with Crippen LogP contribution in [0.1, 0.15) is 57.9 Å². The van der Waals surface area contributed by atoms with Gasteiger partial charge in [0.05, 0.1) is 36.1 Å². The van der Waals surface area contributed by atoms with Gasteiger partial charge in [-0.3, -0.25) is 4.57 Å². The van der Waals surface area contributed by atoms with Gasteiger partial charge in [0.2, 0.25) is 0 Å². The quantitative estimate of drug-likeness (QED) is 0.158.